The zero-order valence-electron chi connectivity index (χ0n) is 13.3. The first-order chi connectivity index (χ1) is 10.4. The minimum atomic E-state index is -1.59. The molecular formula is C14H19ClN2O5S. The minimum Gasteiger partial charge on any atom is -0.481 e. The van der Waals surface area contributed by atoms with E-state index in [0.29, 0.717) is 0 Å². The van der Waals surface area contributed by atoms with Gasteiger partial charge in [-0.15, -0.1) is 0 Å². The SMILES string of the molecule is CC(C)(C)S(=O)N[C@@](C)(CC(=O)O)c1cccc([N+](=O)[O-])c1Cl. The molecule has 128 valence electrons. The smallest absolute Gasteiger partial charge is 0.305 e. The van der Waals surface area contributed by atoms with Crippen molar-refractivity contribution >= 4 is 34.2 Å². The van der Waals surface area contributed by atoms with E-state index in [2.05, 4.69) is 4.72 Å². The van der Waals surface area contributed by atoms with Gasteiger partial charge in [0.05, 0.1) is 32.6 Å². The molecule has 0 bridgehead atoms. The number of hydrogen-bond donors (Lipinski definition) is 2. The summed E-state index contributed by atoms with van der Waals surface area (Å²) >= 11 is 6.10. The summed E-state index contributed by atoms with van der Waals surface area (Å²) in [6.07, 6.45) is -0.435. The normalized spacial score (nSPS) is 15.7. The number of carboxylic acids is 1. The lowest BCUT2D eigenvalue weighted by Crippen LogP contribution is -2.47. The highest BCUT2D eigenvalue weighted by atomic mass is 35.5. The lowest BCUT2D eigenvalue weighted by molar-refractivity contribution is -0.384. The Bertz CT molecular complexity index is 659. The summed E-state index contributed by atoms with van der Waals surface area (Å²) in [4.78, 5) is 21.6. The van der Waals surface area contributed by atoms with Crippen LogP contribution in [0.15, 0.2) is 18.2 Å². The number of rotatable bonds is 6. The molecule has 0 aliphatic rings. The van der Waals surface area contributed by atoms with Gasteiger partial charge in [0.25, 0.3) is 5.69 Å². The summed E-state index contributed by atoms with van der Waals surface area (Å²) in [6, 6.07) is 4.14. The van der Waals surface area contributed by atoms with Crippen LogP contribution in [0.25, 0.3) is 0 Å². The average Bonchev–Trinajstić information content (AvgIpc) is 2.35. The van der Waals surface area contributed by atoms with Crippen LogP contribution in [-0.4, -0.2) is 25.0 Å². The third kappa shape index (κ3) is 4.73. The number of benzene rings is 1. The predicted octanol–water partition coefficient (Wildman–Crippen LogP) is 2.99. The number of nitro benzene ring substituents is 1. The van der Waals surface area contributed by atoms with E-state index in [-0.39, 0.29) is 16.3 Å². The van der Waals surface area contributed by atoms with E-state index in [0.717, 1.165) is 0 Å². The molecule has 1 aromatic rings. The first kappa shape index (κ1) is 19.5. The van der Waals surface area contributed by atoms with Gasteiger partial charge < -0.3 is 5.11 Å². The van der Waals surface area contributed by atoms with Crippen molar-refractivity contribution < 1.29 is 19.0 Å². The minimum absolute atomic E-state index is 0.167. The number of carbonyl (C=O) groups is 1. The monoisotopic (exact) mass is 362 g/mol. The van der Waals surface area contributed by atoms with Gasteiger partial charge in [0.2, 0.25) is 0 Å². The number of nitrogens with zero attached hydrogens (tertiary/aromatic N) is 1. The highest BCUT2D eigenvalue weighted by Gasteiger charge is 2.37. The van der Waals surface area contributed by atoms with Crippen LogP contribution in [-0.2, 0) is 21.3 Å². The molecule has 2 N–H and O–H groups in total. The van der Waals surface area contributed by atoms with Gasteiger partial charge in [0.15, 0.2) is 0 Å². The first-order valence-electron chi connectivity index (χ1n) is 6.73. The van der Waals surface area contributed by atoms with Crippen molar-refractivity contribution in [3.8, 4) is 0 Å². The van der Waals surface area contributed by atoms with Crippen LogP contribution < -0.4 is 4.72 Å². The molecule has 0 aliphatic heterocycles. The number of carboxylic acid groups (broad SMARTS) is 1. The third-order valence-corrected chi connectivity index (χ3v) is 5.29. The van der Waals surface area contributed by atoms with E-state index < -0.39 is 38.6 Å². The van der Waals surface area contributed by atoms with Gasteiger partial charge in [-0.25, -0.2) is 8.93 Å². The van der Waals surface area contributed by atoms with Gasteiger partial charge in [0, 0.05) is 6.07 Å². The molecule has 0 saturated carbocycles. The van der Waals surface area contributed by atoms with Gasteiger partial charge in [-0.2, -0.15) is 0 Å². The van der Waals surface area contributed by atoms with E-state index in [4.69, 9.17) is 11.6 Å². The fourth-order valence-corrected chi connectivity index (χ4v) is 3.23. The topological polar surface area (TPSA) is 110 Å². The van der Waals surface area contributed by atoms with Crippen LogP contribution >= 0.6 is 11.6 Å². The molecule has 0 spiro atoms. The molecule has 9 heteroatoms. The van der Waals surface area contributed by atoms with Gasteiger partial charge in [-0.3, -0.25) is 14.9 Å². The molecule has 1 aromatic carbocycles. The molecule has 0 heterocycles. The van der Waals surface area contributed by atoms with Gasteiger partial charge >= 0.3 is 5.97 Å². The highest BCUT2D eigenvalue weighted by molar-refractivity contribution is 7.84. The van der Waals surface area contributed by atoms with E-state index in [1.54, 1.807) is 20.8 Å². The maximum Gasteiger partial charge on any atom is 0.305 e. The lowest BCUT2D eigenvalue weighted by Gasteiger charge is -2.33. The highest BCUT2D eigenvalue weighted by Crippen LogP contribution is 2.37. The Morgan fingerprint density at radius 2 is 1.96 bits per heavy atom. The summed E-state index contributed by atoms with van der Waals surface area (Å²) in [5.41, 5.74) is -1.44. The Balaban J connectivity index is 3.42. The second-order valence-electron chi connectivity index (χ2n) is 6.28. The van der Waals surface area contributed by atoms with Crippen molar-refractivity contribution in [2.45, 2.75) is 44.4 Å². The molecule has 0 amide bonds. The molecule has 0 fully saturated rings. The predicted molar refractivity (Wildman–Crippen MR) is 88.7 cm³/mol. The van der Waals surface area contributed by atoms with Crippen LogP contribution in [0.2, 0.25) is 5.02 Å². The summed E-state index contributed by atoms with van der Waals surface area (Å²) in [5, 5.41) is 20.0. The van der Waals surface area contributed by atoms with Gasteiger partial charge in [0.1, 0.15) is 5.02 Å². The molecule has 0 aliphatic carbocycles. The largest absolute Gasteiger partial charge is 0.481 e. The Hall–Kier alpha value is -1.51. The van der Waals surface area contributed by atoms with Crippen molar-refractivity contribution in [2.75, 3.05) is 0 Å². The Morgan fingerprint density at radius 3 is 2.39 bits per heavy atom. The molecule has 0 saturated heterocycles. The zero-order chi connectivity index (χ0) is 18.0. The van der Waals surface area contributed by atoms with Crippen molar-refractivity contribution in [2.24, 2.45) is 0 Å². The van der Waals surface area contributed by atoms with E-state index in [1.807, 2.05) is 0 Å². The summed E-state index contributed by atoms with van der Waals surface area (Å²) in [7, 11) is -1.59. The Labute approximate surface area is 141 Å². The first-order valence-corrected chi connectivity index (χ1v) is 8.26. The third-order valence-electron chi connectivity index (χ3n) is 3.15. The summed E-state index contributed by atoms with van der Waals surface area (Å²) in [6.45, 7) is 6.70. The maximum absolute atomic E-state index is 12.4. The molecule has 2 atom stereocenters. The molecule has 1 unspecified atom stereocenters. The molecular weight excluding hydrogens is 344 g/mol. The fourth-order valence-electron chi connectivity index (χ4n) is 1.93. The van der Waals surface area contributed by atoms with E-state index in [1.165, 1.54) is 25.1 Å². The number of nitro groups is 1. The van der Waals surface area contributed by atoms with Crippen LogP contribution in [0.1, 0.15) is 39.7 Å². The van der Waals surface area contributed by atoms with Gasteiger partial charge in [-0.1, -0.05) is 23.7 Å². The average molecular weight is 363 g/mol. The Kier molecular flexibility index (Phi) is 5.89. The summed E-state index contributed by atoms with van der Waals surface area (Å²) < 4.78 is 14.5. The van der Waals surface area contributed by atoms with Crippen LogP contribution in [0.4, 0.5) is 5.69 Å². The van der Waals surface area contributed by atoms with Crippen molar-refractivity contribution in [1.82, 2.24) is 4.72 Å². The van der Waals surface area contributed by atoms with Crippen molar-refractivity contribution in [3.63, 3.8) is 0 Å². The number of nitrogens with one attached hydrogen (secondary N) is 1. The number of aliphatic carboxylic acids is 1. The molecule has 23 heavy (non-hydrogen) atoms. The van der Waals surface area contributed by atoms with Crippen molar-refractivity contribution in [1.29, 1.82) is 0 Å². The fraction of sp³-hybridized carbons (Fsp3) is 0.500. The van der Waals surface area contributed by atoms with E-state index in [9.17, 15) is 24.2 Å². The standard InChI is InChI=1S/C14H19ClN2O5S/c1-13(2,3)23(22)16-14(4,8-11(18)19)9-6-5-7-10(12(9)15)17(20)21/h5-7,16H,8H2,1-4H3,(H,18,19)/t14-,23?/m0/s1. The number of halogens is 1. The maximum atomic E-state index is 12.4. The van der Waals surface area contributed by atoms with Crippen LogP contribution in [0.3, 0.4) is 0 Å². The molecule has 0 aromatic heterocycles. The van der Waals surface area contributed by atoms with Crippen molar-refractivity contribution in [3.05, 3.63) is 38.9 Å². The van der Waals surface area contributed by atoms with Crippen LogP contribution in [0.5, 0.6) is 0 Å². The second kappa shape index (κ2) is 6.94. The van der Waals surface area contributed by atoms with Gasteiger partial charge in [-0.05, 0) is 33.3 Å². The summed E-state index contributed by atoms with van der Waals surface area (Å²) in [5.74, 6) is -1.14. The Morgan fingerprint density at radius 1 is 1.39 bits per heavy atom. The molecule has 1 rings (SSSR count). The quantitative estimate of drug-likeness (QED) is 0.597. The van der Waals surface area contributed by atoms with Crippen LogP contribution in [0, 0.1) is 10.1 Å². The van der Waals surface area contributed by atoms with E-state index >= 15 is 0 Å². The molecule has 0 radical (unpaired) electrons. The lowest BCUT2D eigenvalue weighted by atomic mass is 9.89. The molecule has 7 nitrogen and oxygen atoms in total. The second-order valence-corrected chi connectivity index (χ2v) is 8.63. The zero-order valence-corrected chi connectivity index (χ0v) is 14.8. The number of hydrogen-bond acceptors (Lipinski definition) is 4.